The third-order valence-corrected chi connectivity index (χ3v) is 3.70. The first-order valence-corrected chi connectivity index (χ1v) is 6.58. The highest BCUT2D eigenvalue weighted by Crippen LogP contribution is 2.42. The molecule has 0 saturated heterocycles. The van der Waals surface area contributed by atoms with Crippen molar-refractivity contribution < 1.29 is 0 Å². The minimum absolute atomic E-state index is 0.455. The van der Waals surface area contributed by atoms with E-state index < -0.39 is 0 Å². The summed E-state index contributed by atoms with van der Waals surface area (Å²) in [4.78, 5) is 3.29. The molecule has 2 N–H and O–H groups in total. The minimum atomic E-state index is 0.455. The summed E-state index contributed by atoms with van der Waals surface area (Å²) >= 11 is 0. The van der Waals surface area contributed by atoms with Crippen LogP contribution in [0.2, 0.25) is 0 Å². The first kappa shape index (κ1) is 11.3. The lowest BCUT2D eigenvalue weighted by molar-refractivity contribution is 0.499. The van der Waals surface area contributed by atoms with E-state index in [0.29, 0.717) is 11.6 Å². The van der Waals surface area contributed by atoms with E-state index in [4.69, 9.17) is 5.26 Å². The molecule has 0 radical (unpaired) electrons. The van der Waals surface area contributed by atoms with Crippen LogP contribution in [0.15, 0.2) is 24.4 Å². The fourth-order valence-corrected chi connectivity index (χ4v) is 2.66. The molecule has 0 aliphatic heterocycles. The Hall–Kier alpha value is -1.79. The standard InChI is InChI=1S/C15H17N3/c1-2-17-15(11-4-5-11)13-9-18-14-7-10(8-16)3-6-12(13)14/h3,6-7,9,11,15,17-18H,2,4-5H2,1H3. The molecule has 0 amide bonds. The monoisotopic (exact) mass is 239 g/mol. The van der Waals surface area contributed by atoms with Gasteiger partial charge in [0, 0.05) is 23.1 Å². The summed E-state index contributed by atoms with van der Waals surface area (Å²) in [5, 5.41) is 13.7. The van der Waals surface area contributed by atoms with Gasteiger partial charge in [-0.2, -0.15) is 5.26 Å². The molecule has 1 heterocycles. The molecule has 1 aromatic carbocycles. The van der Waals surface area contributed by atoms with Crippen LogP contribution >= 0.6 is 0 Å². The van der Waals surface area contributed by atoms with Crippen molar-refractivity contribution in [1.82, 2.24) is 10.3 Å². The summed E-state index contributed by atoms with van der Waals surface area (Å²) in [5.41, 5.74) is 3.12. The van der Waals surface area contributed by atoms with Gasteiger partial charge in [0.1, 0.15) is 0 Å². The summed E-state index contributed by atoms with van der Waals surface area (Å²) in [7, 11) is 0. The van der Waals surface area contributed by atoms with Crippen molar-refractivity contribution in [2.45, 2.75) is 25.8 Å². The van der Waals surface area contributed by atoms with Crippen LogP contribution in [0, 0.1) is 17.2 Å². The molecular formula is C15H17N3. The van der Waals surface area contributed by atoms with Gasteiger partial charge in [0.05, 0.1) is 11.6 Å². The number of aromatic amines is 1. The molecular weight excluding hydrogens is 222 g/mol. The Morgan fingerprint density at radius 1 is 1.50 bits per heavy atom. The lowest BCUT2D eigenvalue weighted by atomic mass is 10.0. The second-order valence-corrected chi connectivity index (χ2v) is 4.99. The van der Waals surface area contributed by atoms with Crippen LogP contribution in [0.5, 0.6) is 0 Å². The molecule has 3 rings (SSSR count). The predicted molar refractivity (Wildman–Crippen MR) is 72.2 cm³/mol. The van der Waals surface area contributed by atoms with Gasteiger partial charge in [-0.15, -0.1) is 0 Å². The van der Waals surface area contributed by atoms with E-state index in [1.165, 1.54) is 23.8 Å². The molecule has 0 spiro atoms. The molecule has 3 nitrogen and oxygen atoms in total. The van der Waals surface area contributed by atoms with E-state index in [9.17, 15) is 0 Å². The van der Waals surface area contributed by atoms with E-state index in [2.05, 4.69) is 35.6 Å². The van der Waals surface area contributed by atoms with Gasteiger partial charge >= 0.3 is 0 Å². The van der Waals surface area contributed by atoms with E-state index in [-0.39, 0.29) is 0 Å². The third-order valence-electron chi connectivity index (χ3n) is 3.70. The number of hydrogen-bond donors (Lipinski definition) is 2. The van der Waals surface area contributed by atoms with Crippen molar-refractivity contribution in [2.24, 2.45) is 5.92 Å². The molecule has 92 valence electrons. The zero-order chi connectivity index (χ0) is 12.5. The zero-order valence-electron chi connectivity index (χ0n) is 10.5. The van der Waals surface area contributed by atoms with Gasteiger partial charge in [-0.1, -0.05) is 13.0 Å². The summed E-state index contributed by atoms with van der Waals surface area (Å²) < 4.78 is 0. The lowest BCUT2D eigenvalue weighted by Gasteiger charge is -2.16. The van der Waals surface area contributed by atoms with Crippen LogP contribution in [0.4, 0.5) is 0 Å². The number of fused-ring (bicyclic) bond motifs is 1. The van der Waals surface area contributed by atoms with Gasteiger partial charge in [0.15, 0.2) is 0 Å². The van der Waals surface area contributed by atoms with Gasteiger partial charge in [-0.25, -0.2) is 0 Å². The third kappa shape index (κ3) is 1.89. The van der Waals surface area contributed by atoms with Crippen molar-refractivity contribution in [2.75, 3.05) is 6.54 Å². The fraction of sp³-hybridized carbons (Fsp3) is 0.400. The maximum absolute atomic E-state index is 8.92. The Morgan fingerprint density at radius 2 is 2.33 bits per heavy atom. The van der Waals surface area contributed by atoms with Crippen molar-refractivity contribution in [3.8, 4) is 6.07 Å². The Morgan fingerprint density at radius 3 is 3.00 bits per heavy atom. The topological polar surface area (TPSA) is 51.6 Å². The van der Waals surface area contributed by atoms with Crippen LogP contribution in [0.25, 0.3) is 10.9 Å². The average Bonchev–Trinajstić information content (AvgIpc) is 3.15. The molecule has 0 bridgehead atoms. The number of benzene rings is 1. The average molecular weight is 239 g/mol. The number of nitrogens with one attached hydrogen (secondary N) is 2. The highest BCUT2D eigenvalue weighted by Gasteiger charge is 2.32. The number of rotatable bonds is 4. The van der Waals surface area contributed by atoms with Crippen LogP contribution in [0.3, 0.4) is 0 Å². The minimum Gasteiger partial charge on any atom is -0.361 e. The quantitative estimate of drug-likeness (QED) is 0.861. The van der Waals surface area contributed by atoms with Gasteiger partial charge in [0.2, 0.25) is 0 Å². The molecule has 1 aliphatic rings. The Labute approximate surface area is 107 Å². The molecule has 1 aliphatic carbocycles. The summed E-state index contributed by atoms with van der Waals surface area (Å²) in [6.07, 6.45) is 4.73. The highest BCUT2D eigenvalue weighted by atomic mass is 14.9. The Balaban J connectivity index is 2.03. The summed E-state index contributed by atoms with van der Waals surface area (Å²) in [5.74, 6) is 0.777. The van der Waals surface area contributed by atoms with Crippen LogP contribution < -0.4 is 5.32 Å². The first-order valence-electron chi connectivity index (χ1n) is 6.58. The number of nitriles is 1. The van der Waals surface area contributed by atoms with Crippen molar-refractivity contribution in [3.05, 3.63) is 35.5 Å². The van der Waals surface area contributed by atoms with Crippen molar-refractivity contribution in [1.29, 1.82) is 5.26 Å². The second-order valence-electron chi connectivity index (χ2n) is 4.99. The maximum atomic E-state index is 8.92. The van der Waals surface area contributed by atoms with Gasteiger partial charge in [0.25, 0.3) is 0 Å². The number of nitrogens with zero attached hydrogens (tertiary/aromatic N) is 1. The molecule has 3 heteroatoms. The van der Waals surface area contributed by atoms with Crippen molar-refractivity contribution >= 4 is 10.9 Å². The smallest absolute Gasteiger partial charge is 0.0992 e. The van der Waals surface area contributed by atoms with Gasteiger partial charge < -0.3 is 10.3 Å². The van der Waals surface area contributed by atoms with Gasteiger partial charge in [-0.3, -0.25) is 0 Å². The summed E-state index contributed by atoms with van der Waals surface area (Å²) in [6.45, 7) is 3.14. The first-order chi connectivity index (χ1) is 8.83. The van der Waals surface area contributed by atoms with E-state index in [1.807, 2.05) is 12.1 Å². The van der Waals surface area contributed by atoms with Crippen LogP contribution in [-0.2, 0) is 0 Å². The SMILES string of the molecule is CCNC(c1c[nH]c2cc(C#N)ccc12)C1CC1. The highest BCUT2D eigenvalue weighted by molar-refractivity contribution is 5.85. The fourth-order valence-electron chi connectivity index (χ4n) is 2.66. The van der Waals surface area contributed by atoms with Crippen LogP contribution in [-0.4, -0.2) is 11.5 Å². The molecule has 1 aromatic heterocycles. The Bertz CT molecular complexity index is 602. The zero-order valence-corrected chi connectivity index (χ0v) is 10.5. The van der Waals surface area contributed by atoms with E-state index in [0.717, 1.165) is 18.0 Å². The second kappa shape index (κ2) is 4.47. The number of H-pyrrole nitrogens is 1. The molecule has 18 heavy (non-hydrogen) atoms. The van der Waals surface area contributed by atoms with Gasteiger partial charge in [-0.05, 0) is 43.0 Å². The number of hydrogen-bond acceptors (Lipinski definition) is 2. The Kier molecular flexibility index (Phi) is 2.81. The van der Waals surface area contributed by atoms with E-state index >= 15 is 0 Å². The maximum Gasteiger partial charge on any atom is 0.0992 e. The number of aromatic nitrogens is 1. The molecule has 1 atom stereocenters. The lowest BCUT2D eigenvalue weighted by Crippen LogP contribution is -2.22. The largest absolute Gasteiger partial charge is 0.361 e. The van der Waals surface area contributed by atoms with Crippen molar-refractivity contribution in [3.63, 3.8) is 0 Å². The van der Waals surface area contributed by atoms with Crippen LogP contribution in [0.1, 0.15) is 36.9 Å². The molecule has 2 aromatic rings. The summed E-state index contributed by atoms with van der Waals surface area (Å²) in [6, 6.07) is 8.52. The molecule has 1 fully saturated rings. The molecule has 1 unspecified atom stereocenters. The predicted octanol–water partition coefficient (Wildman–Crippen LogP) is 3.10. The normalized spacial score (nSPS) is 16.7. The molecule has 1 saturated carbocycles. The van der Waals surface area contributed by atoms with E-state index in [1.54, 1.807) is 0 Å².